The predicted octanol–water partition coefficient (Wildman–Crippen LogP) is 1.88. The molecule has 0 heterocycles. The molecule has 2 aromatic rings. The van der Waals surface area contributed by atoms with Gasteiger partial charge in [-0.15, -0.1) is 0 Å². The Morgan fingerprint density at radius 3 is 1.38 bits per heavy atom. The first-order chi connectivity index (χ1) is 11.5. The summed E-state index contributed by atoms with van der Waals surface area (Å²) in [6, 6.07) is 6.89. The lowest BCUT2D eigenvalue weighted by atomic mass is 9.99. The predicted molar refractivity (Wildman–Crippen MR) is 88.6 cm³/mol. The zero-order valence-corrected chi connectivity index (χ0v) is 13.7. The largest absolute Gasteiger partial charge is 0.504 e. The number of benzene rings is 2. The maximum atomic E-state index is 9.91. The Kier molecular flexibility index (Phi) is 5.89. The van der Waals surface area contributed by atoms with Crippen LogP contribution in [0.15, 0.2) is 24.3 Å². The Morgan fingerprint density at radius 2 is 1.08 bits per heavy atom. The second kappa shape index (κ2) is 7.90. The number of aryl methyl sites for hydroxylation is 2. The molecule has 0 bridgehead atoms. The van der Waals surface area contributed by atoms with Crippen LogP contribution < -0.4 is 9.47 Å². The van der Waals surface area contributed by atoms with Gasteiger partial charge >= 0.3 is 0 Å². The molecule has 0 fully saturated rings. The summed E-state index contributed by atoms with van der Waals surface area (Å²) >= 11 is 0. The van der Waals surface area contributed by atoms with Crippen molar-refractivity contribution in [1.82, 2.24) is 0 Å². The molecule has 0 aromatic heterocycles. The van der Waals surface area contributed by atoms with Crippen LogP contribution in [0.1, 0.15) is 22.3 Å². The number of hydrogen-bond acceptors (Lipinski definition) is 6. The molecule has 24 heavy (non-hydrogen) atoms. The third kappa shape index (κ3) is 3.72. The average Bonchev–Trinajstić information content (AvgIpc) is 2.61. The number of rotatable bonds is 7. The van der Waals surface area contributed by atoms with Gasteiger partial charge in [0.2, 0.25) is 0 Å². The maximum Gasteiger partial charge on any atom is 0.163 e. The van der Waals surface area contributed by atoms with E-state index in [1.54, 1.807) is 24.3 Å². The normalized spacial score (nSPS) is 10.7. The van der Waals surface area contributed by atoms with Crippen molar-refractivity contribution in [2.24, 2.45) is 0 Å². The molecule has 0 radical (unpaired) electrons. The van der Waals surface area contributed by atoms with Crippen molar-refractivity contribution in [3.05, 3.63) is 46.5 Å². The van der Waals surface area contributed by atoms with Crippen LogP contribution in [-0.4, -0.2) is 34.6 Å². The highest BCUT2D eigenvalue weighted by Gasteiger charge is 2.12. The number of aliphatic hydroxyl groups excluding tert-OH is 2. The van der Waals surface area contributed by atoms with Gasteiger partial charge in [0.05, 0.1) is 27.4 Å². The second-order valence-corrected chi connectivity index (χ2v) is 5.43. The Morgan fingerprint density at radius 1 is 0.708 bits per heavy atom. The van der Waals surface area contributed by atoms with Gasteiger partial charge in [-0.05, 0) is 48.2 Å². The van der Waals surface area contributed by atoms with E-state index in [9.17, 15) is 20.4 Å². The molecule has 6 heteroatoms. The number of methoxy groups -OCH3 is 2. The smallest absolute Gasteiger partial charge is 0.163 e. The average molecular weight is 334 g/mol. The fourth-order valence-electron chi connectivity index (χ4n) is 2.59. The van der Waals surface area contributed by atoms with Crippen LogP contribution in [0.25, 0.3) is 0 Å². The van der Waals surface area contributed by atoms with Crippen molar-refractivity contribution in [3.63, 3.8) is 0 Å². The molecule has 0 aliphatic carbocycles. The molecule has 2 rings (SSSR count). The van der Waals surface area contributed by atoms with E-state index in [-0.39, 0.29) is 24.7 Å². The SMILES string of the molecule is COc1cc(CCc2cc(CO)c(O)c(OC)c2)cc(CO)c1O. The van der Waals surface area contributed by atoms with Gasteiger partial charge in [-0.2, -0.15) is 0 Å². The Hall–Kier alpha value is -2.44. The first-order valence-corrected chi connectivity index (χ1v) is 7.53. The van der Waals surface area contributed by atoms with E-state index in [0.717, 1.165) is 11.1 Å². The van der Waals surface area contributed by atoms with E-state index >= 15 is 0 Å². The van der Waals surface area contributed by atoms with E-state index in [1.807, 2.05) is 0 Å². The van der Waals surface area contributed by atoms with Crippen LogP contribution in [0.5, 0.6) is 23.0 Å². The van der Waals surface area contributed by atoms with Crippen molar-refractivity contribution in [3.8, 4) is 23.0 Å². The lowest BCUT2D eigenvalue weighted by molar-refractivity contribution is 0.271. The summed E-state index contributed by atoms with van der Waals surface area (Å²) in [4.78, 5) is 0. The summed E-state index contributed by atoms with van der Waals surface area (Å²) in [5, 5.41) is 38.5. The van der Waals surface area contributed by atoms with Crippen molar-refractivity contribution in [2.75, 3.05) is 14.2 Å². The van der Waals surface area contributed by atoms with Crippen molar-refractivity contribution < 1.29 is 29.9 Å². The molecule has 130 valence electrons. The van der Waals surface area contributed by atoms with Crippen molar-refractivity contribution >= 4 is 0 Å². The van der Waals surface area contributed by atoms with Crippen molar-refractivity contribution in [2.45, 2.75) is 26.1 Å². The summed E-state index contributed by atoms with van der Waals surface area (Å²) < 4.78 is 10.2. The third-order valence-electron chi connectivity index (χ3n) is 3.91. The zero-order valence-electron chi connectivity index (χ0n) is 13.7. The lowest BCUT2D eigenvalue weighted by Crippen LogP contribution is -1.98. The van der Waals surface area contributed by atoms with Crippen LogP contribution >= 0.6 is 0 Å². The highest BCUT2D eigenvalue weighted by atomic mass is 16.5. The van der Waals surface area contributed by atoms with E-state index < -0.39 is 0 Å². The van der Waals surface area contributed by atoms with Gasteiger partial charge in [-0.1, -0.05) is 0 Å². The van der Waals surface area contributed by atoms with E-state index in [0.29, 0.717) is 35.5 Å². The first kappa shape index (κ1) is 17.9. The van der Waals surface area contributed by atoms with Crippen LogP contribution in [0, 0.1) is 0 Å². The monoisotopic (exact) mass is 334 g/mol. The summed E-state index contributed by atoms with van der Waals surface area (Å²) in [5.41, 5.74) is 2.60. The van der Waals surface area contributed by atoms with Gasteiger partial charge in [0, 0.05) is 11.1 Å². The molecule has 0 atom stereocenters. The van der Waals surface area contributed by atoms with Crippen LogP contribution in [0.4, 0.5) is 0 Å². The summed E-state index contributed by atoms with van der Waals surface area (Å²) in [7, 11) is 2.91. The first-order valence-electron chi connectivity index (χ1n) is 7.53. The number of aromatic hydroxyl groups is 2. The Labute approximate surface area is 140 Å². The molecule has 0 saturated heterocycles. The van der Waals surface area contributed by atoms with Crippen LogP contribution in [-0.2, 0) is 26.1 Å². The highest BCUT2D eigenvalue weighted by Crippen LogP contribution is 2.34. The van der Waals surface area contributed by atoms with Gasteiger partial charge in [0.15, 0.2) is 23.0 Å². The fourth-order valence-corrected chi connectivity index (χ4v) is 2.59. The molecular weight excluding hydrogens is 312 g/mol. The summed E-state index contributed by atoms with van der Waals surface area (Å²) in [6.45, 7) is -0.560. The van der Waals surface area contributed by atoms with Crippen molar-refractivity contribution in [1.29, 1.82) is 0 Å². The quantitative estimate of drug-likeness (QED) is 0.617. The fraction of sp³-hybridized carbons (Fsp3) is 0.333. The third-order valence-corrected chi connectivity index (χ3v) is 3.91. The van der Waals surface area contributed by atoms with Crippen LogP contribution in [0.2, 0.25) is 0 Å². The molecule has 0 unspecified atom stereocenters. The molecule has 0 aliphatic heterocycles. The molecular formula is C18H22O6. The van der Waals surface area contributed by atoms with Gasteiger partial charge in [-0.25, -0.2) is 0 Å². The molecule has 2 aromatic carbocycles. The Bertz CT molecular complexity index is 599. The number of hydrogen-bond donors (Lipinski definition) is 4. The standard InChI is InChI=1S/C18H22O6/c1-23-15-7-11(5-13(9-19)17(15)21)3-4-12-6-14(10-20)18(22)16(8-12)24-2/h5-8,19-22H,3-4,9-10H2,1-2H3. The zero-order chi connectivity index (χ0) is 17.7. The second-order valence-electron chi connectivity index (χ2n) is 5.43. The summed E-state index contributed by atoms with van der Waals surface area (Å²) in [5.74, 6) is 0.516. The molecule has 0 saturated carbocycles. The van der Waals surface area contributed by atoms with E-state index in [2.05, 4.69) is 0 Å². The Balaban J connectivity index is 2.25. The molecule has 0 aliphatic rings. The molecule has 0 amide bonds. The molecule has 0 spiro atoms. The van der Waals surface area contributed by atoms with E-state index in [4.69, 9.17) is 9.47 Å². The van der Waals surface area contributed by atoms with E-state index in [1.165, 1.54) is 14.2 Å². The van der Waals surface area contributed by atoms with Gasteiger partial charge in [-0.3, -0.25) is 0 Å². The van der Waals surface area contributed by atoms with Crippen LogP contribution in [0.3, 0.4) is 0 Å². The number of phenols is 2. The number of ether oxygens (including phenoxy) is 2. The summed E-state index contributed by atoms with van der Waals surface area (Å²) in [6.07, 6.45) is 1.25. The highest BCUT2D eigenvalue weighted by molar-refractivity contribution is 5.50. The maximum absolute atomic E-state index is 9.91. The van der Waals surface area contributed by atoms with Gasteiger partial charge in [0.1, 0.15) is 0 Å². The molecule has 4 N–H and O–H groups in total. The lowest BCUT2D eigenvalue weighted by Gasteiger charge is -2.13. The number of aliphatic hydroxyl groups is 2. The topological polar surface area (TPSA) is 99.4 Å². The molecule has 6 nitrogen and oxygen atoms in total. The minimum absolute atomic E-state index is 0.0578. The van der Waals surface area contributed by atoms with Gasteiger partial charge in [0.25, 0.3) is 0 Å². The minimum atomic E-state index is -0.280. The van der Waals surface area contributed by atoms with Gasteiger partial charge < -0.3 is 29.9 Å². The minimum Gasteiger partial charge on any atom is -0.504 e.